The van der Waals surface area contributed by atoms with Crippen molar-refractivity contribution < 1.29 is 14.3 Å². The Morgan fingerprint density at radius 3 is 2.80 bits per heavy atom. The second-order valence-corrected chi connectivity index (χ2v) is 4.61. The first-order valence-corrected chi connectivity index (χ1v) is 7.00. The van der Waals surface area contributed by atoms with E-state index in [-0.39, 0.29) is 12.4 Å². The Morgan fingerprint density at radius 2 is 2.12 bits per heavy atom. The minimum atomic E-state index is -0.738. The molecule has 0 saturated carbocycles. The zero-order chi connectivity index (χ0) is 18.2. The third kappa shape index (κ3) is 4.92. The lowest BCUT2D eigenvalue weighted by atomic mass is 10.2. The van der Waals surface area contributed by atoms with Gasteiger partial charge in [-0.1, -0.05) is 0 Å². The van der Waals surface area contributed by atoms with E-state index in [0.29, 0.717) is 17.1 Å². The van der Waals surface area contributed by atoms with Crippen LogP contribution in [0.2, 0.25) is 0 Å². The lowest BCUT2D eigenvalue weighted by Crippen LogP contribution is -2.31. The van der Waals surface area contributed by atoms with Crippen molar-refractivity contribution in [3.05, 3.63) is 44.6 Å². The highest BCUT2D eigenvalue weighted by molar-refractivity contribution is 5.86. The van der Waals surface area contributed by atoms with Gasteiger partial charge in [-0.15, -0.1) is 5.10 Å². The number of nitrogens with one attached hydrogen (secondary N) is 4. The van der Waals surface area contributed by atoms with Crippen LogP contribution in [-0.2, 0) is 4.79 Å². The Hall–Kier alpha value is -3.63. The van der Waals surface area contributed by atoms with E-state index in [1.807, 2.05) is 10.1 Å². The summed E-state index contributed by atoms with van der Waals surface area (Å²) in [6.07, 6.45) is 1.40. The summed E-state index contributed by atoms with van der Waals surface area (Å²) in [6, 6.07) is 5.12. The Kier molecular flexibility index (Phi) is 5.87. The van der Waals surface area contributed by atoms with E-state index in [1.165, 1.54) is 20.4 Å². The average molecular weight is 348 g/mol. The molecule has 1 amide bonds. The van der Waals surface area contributed by atoms with Gasteiger partial charge in [0, 0.05) is 11.6 Å². The van der Waals surface area contributed by atoms with Gasteiger partial charge in [0.25, 0.3) is 11.5 Å². The van der Waals surface area contributed by atoms with E-state index in [9.17, 15) is 14.4 Å². The smallest absolute Gasteiger partial charge is 0.342 e. The van der Waals surface area contributed by atoms with Crippen LogP contribution in [0, 0.1) is 0 Å². The van der Waals surface area contributed by atoms with Crippen molar-refractivity contribution >= 4 is 17.9 Å². The minimum absolute atomic E-state index is 0.185. The van der Waals surface area contributed by atoms with E-state index in [2.05, 4.69) is 20.9 Å². The number of benzene rings is 1. The number of carbonyl (C=O) groups excluding carboxylic acids is 1. The molecule has 0 saturated heterocycles. The number of aromatic amines is 2. The molecule has 0 aliphatic rings. The highest BCUT2D eigenvalue weighted by Crippen LogP contribution is 2.22. The maximum Gasteiger partial charge on any atom is 0.342 e. The highest BCUT2D eigenvalue weighted by atomic mass is 16.5. The SMILES string of the molecule is COc1ccc(/C=N\NC(=O)CNc2n[nH]c(=O)[nH]c2=O)c(OC)c1. The molecule has 0 spiro atoms. The first-order valence-electron chi connectivity index (χ1n) is 7.00. The number of nitrogens with zero attached hydrogens (tertiary/aromatic N) is 2. The summed E-state index contributed by atoms with van der Waals surface area (Å²) in [4.78, 5) is 35.9. The molecule has 0 aliphatic carbocycles. The van der Waals surface area contributed by atoms with Crippen molar-refractivity contribution in [2.45, 2.75) is 0 Å². The number of hydrogen-bond donors (Lipinski definition) is 4. The van der Waals surface area contributed by atoms with Crippen LogP contribution in [0.3, 0.4) is 0 Å². The number of amides is 1. The summed E-state index contributed by atoms with van der Waals surface area (Å²) in [6.45, 7) is -0.265. The number of methoxy groups -OCH3 is 2. The summed E-state index contributed by atoms with van der Waals surface area (Å²) in [7, 11) is 3.04. The van der Waals surface area contributed by atoms with Crippen molar-refractivity contribution in [1.29, 1.82) is 0 Å². The molecule has 2 rings (SSSR count). The molecule has 2 aromatic rings. The van der Waals surface area contributed by atoms with Crippen molar-refractivity contribution in [2.24, 2.45) is 5.10 Å². The van der Waals surface area contributed by atoms with Gasteiger partial charge in [0.15, 0.2) is 0 Å². The molecule has 0 fully saturated rings. The molecule has 0 aliphatic heterocycles. The largest absolute Gasteiger partial charge is 0.497 e. The van der Waals surface area contributed by atoms with Crippen molar-refractivity contribution in [1.82, 2.24) is 20.6 Å². The molecular formula is C14H16N6O5. The predicted molar refractivity (Wildman–Crippen MR) is 89.3 cm³/mol. The van der Waals surface area contributed by atoms with E-state index >= 15 is 0 Å². The lowest BCUT2D eigenvalue weighted by molar-refractivity contribution is -0.119. The molecule has 1 aromatic heterocycles. The normalized spacial score (nSPS) is 10.5. The van der Waals surface area contributed by atoms with E-state index in [0.717, 1.165) is 0 Å². The molecule has 0 unspecified atom stereocenters. The Bertz CT molecular complexity index is 888. The molecular weight excluding hydrogens is 332 g/mol. The summed E-state index contributed by atoms with van der Waals surface area (Å²) in [5.74, 6) is 0.451. The van der Waals surface area contributed by atoms with Crippen LogP contribution in [0.25, 0.3) is 0 Å². The van der Waals surface area contributed by atoms with Crippen molar-refractivity contribution in [3.8, 4) is 11.5 Å². The maximum absolute atomic E-state index is 11.7. The lowest BCUT2D eigenvalue weighted by Gasteiger charge is -2.07. The molecule has 25 heavy (non-hydrogen) atoms. The van der Waals surface area contributed by atoms with Gasteiger partial charge in [-0.25, -0.2) is 15.3 Å². The third-order valence-corrected chi connectivity index (χ3v) is 2.96. The fourth-order valence-electron chi connectivity index (χ4n) is 1.77. The van der Waals surface area contributed by atoms with E-state index < -0.39 is 17.2 Å². The van der Waals surface area contributed by atoms with Gasteiger partial charge in [-0.05, 0) is 12.1 Å². The van der Waals surface area contributed by atoms with Gasteiger partial charge in [0.1, 0.15) is 11.5 Å². The molecule has 11 nitrogen and oxygen atoms in total. The standard InChI is InChI=1S/C14H16N6O5/c1-24-9-4-3-8(10(5-9)25-2)6-16-18-11(21)7-15-12-13(22)17-14(23)20-19-12/h3-6H,7H2,1-2H3,(H,15,19)(H,18,21)(H2,17,20,22,23)/b16-6-. The Labute approximate surface area is 141 Å². The fraction of sp³-hybridized carbons (Fsp3) is 0.214. The molecule has 0 atom stereocenters. The molecule has 1 aromatic carbocycles. The van der Waals surface area contributed by atoms with Gasteiger partial charge < -0.3 is 14.8 Å². The van der Waals surface area contributed by atoms with Gasteiger partial charge in [-0.2, -0.15) is 5.10 Å². The zero-order valence-corrected chi connectivity index (χ0v) is 13.5. The third-order valence-electron chi connectivity index (χ3n) is 2.96. The summed E-state index contributed by atoms with van der Waals surface area (Å²) < 4.78 is 10.3. The predicted octanol–water partition coefficient (Wildman–Crippen LogP) is -0.962. The van der Waals surface area contributed by atoms with Gasteiger partial charge in [0.05, 0.1) is 27.0 Å². The van der Waals surface area contributed by atoms with Gasteiger partial charge in [0.2, 0.25) is 5.82 Å². The number of aromatic nitrogens is 3. The monoisotopic (exact) mass is 348 g/mol. The van der Waals surface area contributed by atoms with Gasteiger partial charge in [-0.3, -0.25) is 14.6 Å². The summed E-state index contributed by atoms with van der Waals surface area (Å²) in [5.41, 5.74) is 1.44. The molecule has 4 N–H and O–H groups in total. The second-order valence-electron chi connectivity index (χ2n) is 4.61. The minimum Gasteiger partial charge on any atom is -0.497 e. The second kappa shape index (κ2) is 8.29. The average Bonchev–Trinajstić information content (AvgIpc) is 2.61. The number of hydrogen-bond acceptors (Lipinski definition) is 8. The Balaban J connectivity index is 1.92. The Morgan fingerprint density at radius 1 is 1.32 bits per heavy atom. The molecule has 132 valence electrons. The maximum atomic E-state index is 11.7. The van der Waals surface area contributed by atoms with Crippen LogP contribution in [0.1, 0.15) is 5.56 Å². The van der Waals surface area contributed by atoms with Crippen molar-refractivity contribution in [3.63, 3.8) is 0 Å². The number of rotatable bonds is 7. The molecule has 1 heterocycles. The molecule has 0 radical (unpaired) electrons. The van der Waals surface area contributed by atoms with Crippen LogP contribution in [0.5, 0.6) is 11.5 Å². The number of ether oxygens (including phenoxy) is 2. The summed E-state index contributed by atoms with van der Waals surface area (Å²) in [5, 5.41) is 11.8. The first kappa shape index (κ1) is 17.7. The van der Waals surface area contributed by atoms with Gasteiger partial charge >= 0.3 is 5.69 Å². The molecule has 11 heteroatoms. The number of anilines is 1. The van der Waals surface area contributed by atoms with Crippen LogP contribution in [0.4, 0.5) is 5.82 Å². The van der Waals surface area contributed by atoms with Crippen LogP contribution >= 0.6 is 0 Å². The highest BCUT2D eigenvalue weighted by Gasteiger charge is 2.06. The van der Waals surface area contributed by atoms with Crippen LogP contribution in [0.15, 0.2) is 32.9 Å². The number of hydrazone groups is 1. The quantitative estimate of drug-likeness (QED) is 0.371. The molecule has 0 bridgehead atoms. The van der Waals surface area contributed by atoms with E-state index in [1.54, 1.807) is 18.2 Å². The topological polar surface area (TPSA) is 151 Å². The number of carbonyl (C=O) groups is 1. The fourth-order valence-corrected chi connectivity index (χ4v) is 1.77. The van der Waals surface area contributed by atoms with E-state index in [4.69, 9.17) is 9.47 Å². The number of H-pyrrole nitrogens is 2. The van der Waals surface area contributed by atoms with Crippen LogP contribution in [-0.4, -0.2) is 48.1 Å². The van der Waals surface area contributed by atoms with Crippen molar-refractivity contribution in [2.75, 3.05) is 26.1 Å². The summed E-state index contributed by atoms with van der Waals surface area (Å²) >= 11 is 0. The zero-order valence-electron chi connectivity index (χ0n) is 13.5. The first-order chi connectivity index (χ1) is 12.0. The van der Waals surface area contributed by atoms with Crippen LogP contribution < -0.4 is 31.5 Å².